The minimum Gasteiger partial charge on any atom is -0.314 e. The lowest BCUT2D eigenvalue weighted by atomic mass is 9.89. The molecule has 3 heteroatoms. The Morgan fingerprint density at radius 1 is 0.944 bits per heavy atom. The Morgan fingerprint density at radius 3 is 2.00 bits per heavy atom. The number of anilines is 2. The van der Waals surface area contributed by atoms with Gasteiger partial charge in [-0.05, 0) is 23.1 Å². The van der Waals surface area contributed by atoms with Gasteiger partial charge >= 0.3 is 0 Å². The van der Waals surface area contributed by atoms with Gasteiger partial charge in [-0.25, -0.2) is 9.97 Å². The maximum Gasteiger partial charge on any atom is 0.229 e. The van der Waals surface area contributed by atoms with Crippen molar-refractivity contribution in [1.29, 1.82) is 0 Å². The quantitative estimate of drug-likeness (QED) is 0.805. The zero-order valence-corrected chi connectivity index (χ0v) is 11.4. The molecule has 0 radical (unpaired) electrons. The topological polar surface area (TPSA) is 29.0 Å². The molecule has 0 fully saturated rings. The largest absolute Gasteiger partial charge is 0.314 e. The Labute approximate surface area is 109 Å². The number of benzene rings is 1. The maximum absolute atomic E-state index is 4.44. The summed E-state index contributed by atoms with van der Waals surface area (Å²) >= 11 is 0. The van der Waals surface area contributed by atoms with Crippen LogP contribution in [0, 0.1) is 0 Å². The van der Waals surface area contributed by atoms with E-state index in [0.717, 1.165) is 11.3 Å². The van der Waals surface area contributed by atoms with Gasteiger partial charge in [-0.15, -0.1) is 0 Å². The monoisotopic (exact) mass is 241 g/mol. The third-order valence-corrected chi connectivity index (χ3v) is 2.95. The summed E-state index contributed by atoms with van der Waals surface area (Å²) in [6.07, 6.45) is 3.81. The number of hydrogen-bond donors (Lipinski definition) is 0. The van der Waals surface area contributed by atoms with Crippen LogP contribution in [0.4, 0.5) is 11.6 Å². The Hall–Kier alpha value is -1.90. The summed E-state index contributed by atoms with van der Waals surface area (Å²) < 4.78 is 0. The molecule has 0 amide bonds. The van der Waals surface area contributed by atoms with Gasteiger partial charge < -0.3 is 4.90 Å². The van der Waals surface area contributed by atoms with E-state index in [1.807, 2.05) is 54.7 Å². The summed E-state index contributed by atoms with van der Waals surface area (Å²) in [7, 11) is 1.97. The van der Waals surface area contributed by atoms with Crippen molar-refractivity contribution in [3.8, 4) is 0 Å². The Balaban J connectivity index is 2.25. The van der Waals surface area contributed by atoms with Crippen molar-refractivity contribution in [3.63, 3.8) is 0 Å². The molecule has 2 aromatic rings. The van der Waals surface area contributed by atoms with E-state index in [2.05, 4.69) is 30.7 Å². The molecular formula is C15H19N3. The van der Waals surface area contributed by atoms with Crippen LogP contribution in [0.15, 0.2) is 42.7 Å². The first kappa shape index (κ1) is 12.6. The third-order valence-electron chi connectivity index (χ3n) is 2.95. The van der Waals surface area contributed by atoms with Crippen molar-refractivity contribution >= 4 is 11.6 Å². The van der Waals surface area contributed by atoms with Crippen LogP contribution in [0.3, 0.4) is 0 Å². The molecule has 3 nitrogen and oxygen atoms in total. The van der Waals surface area contributed by atoms with E-state index in [-0.39, 0.29) is 5.41 Å². The van der Waals surface area contributed by atoms with Gasteiger partial charge in [0.2, 0.25) is 5.95 Å². The van der Waals surface area contributed by atoms with E-state index in [4.69, 9.17) is 0 Å². The minimum absolute atomic E-state index is 0.0872. The van der Waals surface area contributed by atoms with Gasteiger partial charge in [0.1, 0.15) is 0 Å². The highest BCUT2D eigenvalue weighted by Crippen LogP contribution is 2.23. The zero-order chi connectivity index (χ0) is 13.2. The van der Waals surface area contributed by atoms with Crippen LogP contribution < -0.4 is 4.90 Å². The second-order valence-electron chi connectivity index (χ2n) is 5.42. The highest BCUT2D eigenvalue weighted by molar-refractivity contribution is 5.55. The van der Waals surface area contributed by atoms with Crippen molar-refractivity contribution < 1.29 is 0 Å². The SMILES string of the molecule is CN(c1ccccc1)c1ncc(C(C)(C)C)cn1. The number of hydrogen-bond acceptors (Lipinski definition) is 3. The molecule has 0 aliphatic carbocycles. The van der Waals surface area contributed by atoms with Crippen molar-refractivity contribution in [2.45, 2.75) is 26.2 Å². The molecule has 94 valence electrons. The molecule has 0 bridgehead atoms. The number of para-hydroxylation sites is 1. The first-order chi connectivity index (χ1) is 8.48. The number of nitrogens with zero attached hydrogens (tertiary/aromatic N) is 3. The number of rotatable bonds is 2. The van der Waals surface area contributed by atoms with E-state index in [1.54, 1.807) is 0 Å². The normalized spacial score (nSPS) is 11.3. The molecule has 0 aliphatic rings. The van der Waals surface area contributed by atoms with Crippen LogP contribution in [0.5, 0.6) is 0 Å². The summed E-state index contributed by atoms with van der Waals surface area (Å²) in [5, 5.41) is 0. The lowest BCUT2D eigenvalue weighted by molar-refractivity contribution is 0.584. The van der Waals surface area contributed by atoms with Crippen molar-refractivity contribution in [2.75, 3.05) is 11.9 Å². The second kappa shape index (κ2) is 4.77. The van der Waals surface area contributed by atoms with Crippen LogP contribution in [-0.4, -0.2) is 17.0 Å². The molecule has 0 spiro atoms. The molecule has 0 unspecified atom stereocenters. The lowest BCUT2D eigenvalue weighted by Crippen LogP contribution is -2.16. The van der Waals surface area contributed by atoms with Crippen molar-refractivity contribution in [3.05, 3.63) is 48.3 Å². The van der Waals surface area contributed by atoms with Crippen LogP contribution in [0.25, 0.3) is 0 Å². The smallest absolute Gasteiger partial charge is 0.229 e. The van der Waals surface area contributed by atoms with Crippen molar-refractivity contribution in [1.82, 2.24) is 9.97 Å². The molecular weight excluding hydrogens is 222 g/mol. The Kier molecular flexibility index (Phi) is 3.32. The predicted molar refractivity (Wildman–Crippen MR) is 75.2 cm³/mol. The van der Waals surface area contributed by atoms with E-state index in [1.165, 1.54) is 0 Å². The standard InChI is InChI=1S/C15H19N3/c1-15(2,3)12-10-16-14(17-11-12)18(4)13-8-6-5-7-9-13/h5-11H,1-4H3. The highest BCUT2D eigenvalue weighted by atomic mass is 15.2. The summed E-state index contributed by atoms with van der Waals surface area (Å²) in [6, 6.07) is 10.1. The molecule has 1 heterocycles. The fourth-order valence-corrected chi connectivity index (χ4v) is 1.65. The lowest BCUT2D eigenvalue weighted by Gasteiger charge is -2.20. The average Bonchev–Trinajstić information content (AvgIpc) is 2.38. The molecule has 0 atom stereocenters. The van der Waals surface area contributed by atoms with E-state index >= 15 is 0 Å². The Morgan fingerprint density at radius 2 is 1.50 bits per heavy atom. The van der Waals surface area contributed by atoms with Crippen LogP contribution >= 0.6 is 0 Å². The average molecular weight is 241 g/mol. The van der Waals surface area contributed by atoms with Crippen molar-refractivity contribution in [2.24, 2.45) is 0 Å². The number of aromatic nitrogens is 2. The molecule has 2 rings (SSSR count). The first-order valence-corrected chi connectivity index (χ1v) is 6.10. The highest BCUT2D eigenvalue weighted by Gasteiger charge is 2.15. The second-order valence-corrected chi connectivity index (χ2v) is 5.42. The maximum atomic E-state index is 4.44. The van der Waals surface area contributed by atoms with Crippen LogP contribution in [0.2, 0.25) is 0 Å². The summed E-state index contributed by atoms with van der Waals surface area (Å²) in [5.41, 5.74) is 2.32. The van der Waals surface area contributed by atoms with Crippen LogP contribution in [0.1, 0.15) is 26.3 Å². The zero-order valence-electron chi connectivity index (χ0n) is 11.4. The first-order valence-electron chi connectivity index (χ1n) is 6.10. The summed E-state index contributed by atoms with van der Waals surface area (Å²) in [4.78, 5) is 10.9. The van der Waals surface area contributed by atoms with Gasteiger partial charge in [-0.1, -0.05) is 39.0 Å². The van der Waals surface area contributed by atoms with Gasteiger partial charge in [0.25, 0.3) is 0 Å². The molecule has 1 aromatic heterocycles. The van der Waals surface area contributed by atoms with Gasteiger partial charge in [-0.3, -0.25) is 0 Å². The van der Waals surface area contributed by atoms with E-state index in [9.17, 15) is 0 Å². The molecule has 0 saturated heterocycles. The predicted octanol–water partition coefficient (Wildman–Crippen LogP) is 3.54. The minimum atomic E-state index is 0.0872. The van der Waals surface area contributed by atoms with E-state index < -0.39 is 0 Å². The third kappa shape index (κ3) is 2.67. The fourth-order valence-electron chi connectivity index (χ4n) is 1.65. The molecule has 18 heavy (non-hydrogen) atoms. The fraction of sp³-hybridized carbons (Fsp3) is 0.333. The Bertz CT molecular complexity index is 498. The summed E-state index contributed by atoms with van der Waals surface area (Å²) in [6.45, 7) is 6.48. The van der Waals surface area contributed by atoms with Gasteiger partial charge in [0.15, 0.2) is 0 Å². The van der Waals surface area contributed by atoms with Gasteiger partial charge in [0.05, 0.1) is 0 Å². The molecule has 1 aromatic carbocycles. The van der Waals surface area contributed by atoms with Crippen LogP contribution in [-0.2, 0) is 5.41 Å². The molecule has 0 aliphatic heterocycles. The van der Waals surface area contributed by atoms with Gasteiger partial charge in [-0.2, -0.15) is 0 Å². The van der Waals surface area contributed by atoms with E-state index in [0.29, 0.717) is 5.95 Å². The molecule has 0 saturated carbocycles. The summed E-state index contributed by atoms with van der Waals surface area (Å²) in [5.74, 6) is 0.717. The molecule has 0 N–H and O–H groups in total. The van der Waals surface area contributed by atoms with Gasteiger partial charge in [0, 0.05) is 25.1 Å².